The molecule has 1 fully saturated rings. The summed E-state index contributed by atoms with van der Waals surface area (Å²) in [6, 6.07) is 26.9. The van der Waals surface area contributed by atoms with Gasteiger partial charge in [-0.25, -0.2) is 8.42 Å². The van der Waals surface area contributed by atoms with Crippen molar-refractivity contribution in [2.24, 2.45) is 11.8 Å². The maximum Gasteiger partial charge on any atom is 0.243 e. The molecule has 1 spiro atoms. The van der Waals surface area contributed by atoms with E-state index >= 15 is 0 Å². The van der Waals surface area contributed by atoms with Gasteiger partial charge in [0.1, 0.15) is 17.2 Å². The lowest BCUT2D eigenvalue weighted by molar-refractivity contribution is 0.168. The minimum Gasteiger partial charge on any atom is -0.497 e. The highest BCUT2D eigenvalue weighted by Gasteiger charge is 2.43. The molecule has 7 rings (SSSR count). The summed E-state index contributed by atoms with van der Waals surface area (Å²) in [6.45, 7) is 4.89. The van der Waals surface area contributed by atoms with Gasteiger partial charge in [0.2, 0.25) is 10.0 Å². The van der Waals surface area contributed by atoms with Crippen LogP contribution in [0.15, 0.2) is 89.8 Å². The van der Waals surface area contributed by atoms with Gasteiger partial charge in [-0.3, -0.25) is 0 Å². The lowest BCUT2D eigenvalue weighted by atomic mass is 9.69. The number of fused-ring (bicyclic) bond motifs is 3. The molecule has 4 aromatic rings. The summed E-state index contributed by atoms with van der Waals surface area (Å²) in [4.78, 5) is 2.72. The Morgan fingerprint density at radius 3 is 2.14 bits per heavy atom. The molecule has 1 aliphatic heterocycles. The Morgan fingerprint density at radius 2 is 1.54 bits per heavy atom. The fraction of sp³-hybridized carbons (Fsp3) is 0.415. The zero-order chi connectivity index (χ0) is 34.9. The maximum absolute atomic E-state index is 14.7. The predicted molar refractivity (Wildman–Crippen MR) is 199 cm³/mol. The largest absolute Gasteiger partial charge is 0.497 e. The molecule has 3 aliphatic rings. The highest BCUT2D eigenvalue weighted by Crippen LogP contribution is 2.47. The van der Waals surface area contributed by atoms with Gasteiger partial charge in [0.25, 0.3) is 0 Å². The number of sulfonamides is 1. The Kier molecular flexibility index (Phi) is 10.1. The van der Waals surface area contributed by atoms with E-state index in [2.05, 4.69) is 24.0 Å². The van der Waals surface area contributed by atoms with Crippen LogP contribution in [0, 0.1) is 11.8 Å². The summed E-state index contributed by atoms with van der Waals surface area (Å²) >= 11 is 6.47. The number of aryl methyl sites for hydroxylation is 1. The molecule has 0 unspecified atom stereocenters. The summed E-state index contributed by atoms with van der Waals surface area (Å²) in [7, 11) is -0.699. The Bertz CT molecular complexity index is 1870. The molecule has 2 aliphatic carbocycles. The molecule has 0 radical (unpaired) electrons. The van der Waals surface area contributed by atoms with E-state index in [4.69, 9.17) is 25.8 Å². The van der Waals surface area contributed by atoms with E-state index in [0.717, 1.165) is 77.9 Å². The van der Waals surface area contributed by atoms with Crippen molar-refractivity contribution in [3.63, 3.8) is 0 Å². The maximum atomic E-state index is 14.7. The van der Waals surface area contributed by atoms with E-state index in [1.807, 2.05) is 66.7 Å². The van der Waals surface area contributed by atoms with Crippen LogP contribution in [0.25, 0.3) is 0 Å². The smallest absolute Gasteiger partial charge is 0.243 e. The molecule has 264 valence electrons. The fourth-order valence-corrected chi connectivity index (χ4v) is 9.83. The lowest BCUT2D eigenvalue weighted by Crippen LogP contribution is -2.48. The van der Waals surface area contributed by atoms with Crippen molar-refractivity contribution in [2.75, 3.05) is 38.8 Å². The molecule has 4 aromatic carbocycles. The van der Waals surface area contributed by atoms with Crippen molar-refractivity contribution in [2.45, 2.75) is 68.8 Å². The fourth-order valence-electron chi connectivity index (χ4n) is 8.20. The van der Waals surface area contributed by atoms with Gasteiger partial charge < -0.3 is 19.1 Å². The second-order valence-corrected chi connectivity index (χ2v) is 16.6. The van der Waals surface area contributed by atoms with Crippen molar-refractivity contribution in [3.05, 3.63) is 112 Å². The number of anilines is 1. The van der Waals surface area contributed by atoms with Crippen LogP contribution >= 0.6 is 11.6 Å². The standard InChI is InChI=1S/C41H47ClN2O5S/c1-4-31-11-12-33(31)26-43-27-41(21-5-6-32-22-34(42)13-19-38(32)41)28-49-40-20-18-37(23-39(40)43)50(45,46)44(24-29-7-14-35(47-2)15-8-29)25-30-9-16-36(48-3)17-10-30/h7-10,13-20,22-23,31,33H,4-6,11-12,21,24-28H2,1-3H3/t31-,33+,41+/m1/s1. The molecule has 0 amide bonds. The summed E-state index contributed by atoms with van der Waals surface area (Å²) in [5.41, 5.74) is 5.00. The minimum absolute atomic E-state index is 0.207. The zero-order valence-corrected chi connectivity index (χ0v) is 30.8. The number of ether oxygens (including phenoxy) is 3. The topological polar surface area (TPSA) is 68.3 Å². The van der Waals surface area contributed by atoms with Gasteiger partial charge in [0.05, 0.1) is 31.4 Å². The molecule has 0 saturated heterocycles. The van der Waals surface area contributed by atoms with E-state index in [9.17, 15) is 8.42 Å². The Hall–Kier alpha value is -3.72. The number of hydrogen-bond acceptors (Lipinski definition) is 6. The Morgan fingerprint density at radius 1 is 0.880 bits per heavy atom. The quantitative estimate of drug-likeness (QED) is 0.155. The summed E-state index contributed by atoms with van der Waals surface area (Å²) < 4.78 is 48.5. The molecular weight excluding hydrogens is 668 g/mol. The minimum atomic E-state index is -3.95. The Labute approximate surface area is 302 Å². The first-order valence-electron chi connectivity index (χ1n) is 17.8. The average molecular weight is 715 g/mol. The molecule has 7 nitrogen and oxygen atoms in total. The van der Waals surface area contributed by atoms with Crippen molar-refractivity contribution in [3.8, 4) is 17.2 Å². The van der Waals surface area contributed by atoms with Crippen LogP contribution in [-0.2, 0) is 34.9 Å². The normalized spacial score (nSPS) is 21.5. The molecule has 1 saturated carbocycles. The van der Waals surface area contributed by atoms with Gasteiger partial charge in [-0.2, -0.15) is 4.31 Å². The van der Waals surface area contributed by atoms with Crippen molar-refractivity contribution in [1.29, 1.82) is 0 Å². The zero-order valence-electron chi connectivity index (χ0n) is 29.2. The van der Waals surface area contributed by atoms with E-state index in [1.54, 1.807) is 24.6 Å². The number of halogens is 1. The molecular formula is C41H47ClN2O5S. The van der Waals surface area contributed by atoms with E-state index < -0.39 is 10.0 Å². The van der Waals surface area contributed by atoms with Gasteiger partial charge in [0.15, 0.2) is 0 Å². The number of nitrogens with zero attached hydrogens (tertiary/aromatic N) is 2. The third-order valence-electron chi connectivity index (χ3n) is 11.2. The third kappa shape index (κ3) is 6.95. The first-order valence-corrected chi connectivity index (χ1v) is 19.6. The molecule has 0 bridgehead atoms. The molecule has 9 heteroatoms. The second kappa shape index (κ2) is 14.5. The van der Waals surface area contributed by atoms with E-state index in [-0.39, 0.29) is 23.4 Å². The molecule has 0 aromatic heterocycles. The summed E-state index contributed by atoms with van der Waals surface area (Å²) in [6.07, 6.45) is 6.69. The summed E-state index contributed by atoms with van der Waals surface area (Å²) in [5, 5.41) is 0.763. The highest BCUT2D eigenvalue weighted by molar-refractivity contribution is 7.89. The lowest BCUT2D eigenvalue weighted by Gasteiger charge is -2.44. The molecule has 0 N–H and O–H groups in total. The number of methoxy groups -OCH3 is 2. The van der Waals surface area contributed by atoms with E-state index in [1.165, 1.54) is 24.0 Å². The first-order chi connectivity index (χ1) is 24.2. The van der Waals surface area contributed by atoms with Gasteiger partial charge in [0, 0.05) is 36.6 Å². The van der Waals surface area contributed by atoms with Gasteiger partial charge in [-0.15, -0.1) is 0 Å². The van der Waals surface area contributed by atoms with Crippen LogP contribution in [0.3, 0.4) is 0 Å². The number of rotatable bonds is 11. The average Bonchev–Trinajstić information content (AvgIpc) is 3.27. The van der Waals surface area contributed by atoms with Crippen LogP contribution in [0.2, 0.25) is 5.02 Å². The predicted octanol–water partition coefficient (Wildman–Crippen LogP) is 8.66. The SMILES string of the molecule is CC[C@@H]1CC[C@H]1CN1C[C@@]2(CCCc3cc(Cl)ccc32)COc2ccc(S(=O)(=O)N(Cc3ccc(OC)cc3)Cc3ccc(OC)cc3)cc21. The monoisotopic (exact) mass is 714 g/mol. The third-order valence-corrected chi connectivity index (χ3v) is 13.3. The van der Waals surface area contributed by atoms with Gasteiger partial charge >= 0.3 is 0 Å². The van der Waals surface area contributed by atoms with Crippen molar-refractivity contribution in [1.82, 2.24) is 4.31 Å². The van der Waals surface area contributed by atoms with Gasteiger partial charge in [-0.1, -0.05) is 55.3 Å². The van der Waals surface area contributed by atoms with Crippen LogP contribution in [0.1, 0.15) is 61.3 Å². The number of hydrogen-bond donors (Lipinski definition) is 0. The molecule has 1 heterocycles. The Balaban J connectivity index is 1.26. The van der Waals surface area contributed by atoms with Crippen LogP contribution < -0.4 is 19.1 Å². The van der Waals surface area contributed by atoms with Crippen molar-refractivity contribution >= 4 is 27.3 Å². The molecule has 3 atom stereocenters. The van der Waals surface area contributed by atoms with Gasteiger partial charge in [-0.05, 0) is 121 Å². The first kappa shape index (κ1) is 34.7. The van der Waals surface area contributed by atoms with Crippen LogP contribution in [-0.4, -0.2) is 46.6 Å². The van der Waals surface area contributed by atoms with Crippen LogP contribution in [0.5, 0.6) is 17.2 Å². The summed E-state index contributed by atoms with van der Waals surface area (Å²) in [5.74, 6) is 3.45. The van der Waals surface area contributed by atoms with Crippen LogP contribution in [0.4, 0.5) is 5.69 Å². The second-order valence-electron chi connectivity index (χ2n) is 14.2. The number of benzene rings is 4. The van der Waals surface area contributed by atoms with E-state index in [0.29, 0.717) is 18.4 Å². The van der Waals surface area contributed by atoms with Crippen molar-refractivity contribution < 1.29 is 22.6 Å². The molecule has 50 heavy (non-hydrogen) atoms. The highest BCUT2D eigenvalue weighted by atomic mass is 35.5.